The average molecular weight is 237 g/mol. The maximum atomic E-state index is 12.8. The zero-order chi connectivity index (χ0) is 12.7. The van der Waals surface area contributed by atoms with Crippen LogP contribution in [0.3, 0.4) is 0 Å². The van der Waals surface area contributed by atoms with Gasteiger partial charge in [-0.1, -0.05) is 6.92 Å². The number of ketones is 1. The van der Waals surface area contributed by atoms with Crippen LogP contribution in [0.5, 0.6) is 0 Å². The quantitative estimate of drug-likeness (QED) is 0.724. The van der Waals surface area contributed by atoms with Crippen molar-refractivity contribution >= 4 is 11.5 Å². The largest absolute Gasteiger partial charge is 0.372 e. The predicted octanol–water partition coefficient (Wildman–Crippen LogP) is 3.41. The first-order chi connectivity index (χ1) is 8.17. The third-order valence-corrected chi connectivity index (χ3v) is 2.85. The number of nitrogens with zero attached hydrogens (tertiary/aromatic N) is 1. The normalized spacial score (nSPS) is 10.3. The van der Waals surface area contributed by atoms with Gasteiger partial charge < -0.3 is 4.90 Å². The Morgan fingerprint density at radius 2 is 1.88 bits per heavy atom. The second kappa shape index (κ2) is 7.05. The van der Waals surface area contributed by atoms with Crippen LogP contribution in [0.4, 0.5) is 10.1 Å². The van der Waals surface area contributed by atoms with Crippen LogP contribution in [-0.2, 0) is 4.79 Å². The van der Waals surface area contributed by atoms with Crippen molar-refractivity contribution in [3.05, 3.63) is 30.1 Å². The molecule has 0 spiro atoms. The lowest BCUT2D eigenvalue weighted by Crippen LogP contribution is -2.24. The maximum Gasteiger partial charge on any atom is 0.132 e. The van der Waals surface area contributed by atoms with E-state index in [2.05, 4.69) is 11.8 Å². The highest BCUT2D eigenvalue weighted by atomic mass is 19.1. The minimum atomic E-state index is -0.217. The van der Waals surface area contributed by atoms with Crippen molar-refractivity contribution in [2.24, 2.45) is 0 Å². The second-order valence-electron chi connectivity index (χ2n) is 4.05. The van der Waals surface area contributed by atoms with Gasteiger partial charge in [0.2, 0.25) is 0 Å². The van der Waals surface area contributed by atoms with Crippen LogP contribution in [-0.4, -0.2) is 18.9 Å². The molecule has 0 aromatic heterocycles. The summed E-state index contributed by atoms with van der Waals surface area (Å²) in [5.74, 6) is 0.0890. The van der Waals surface area contributed by atoms with Gasteiger partial charge in [-0.25, -0.2) is 4.39 Å². The molecule has 94 valence electrons. The zero-order valence-corrected chi connectivity index (χ0v) is 10.6. The molecule has 17 heavy (non-hydrogen) atoms. The molecule has 0 aliphatic rings. The Bertz CT molecular complexity index is 348. The highest BCUT2D eigenvalue weighted by Gasteiger charge is 2.05. The van der Waals surface area contributed by atoms with Gasteiger partial charge in [0, 0.05) is 31.6 Å². The van der Waals surface area contributed by atoms with E-state index in [0.717, 1.165) is 25.2 Å². The lowest BCUT2D eigenvalue weighted by atomic mass is 10.1. The highest BCUT2D eigenvalue weighted by molar-refractivity contribution is 5.77. The number of benzene rings is 1. The molecule has 2 nitrogen and oxygen atoms in total. The summed E-state index contributed by atoms with van der Waals surface area (Å²) in [5, 5.41) is 0. The Hall–Kier alpha value is -1.38. The monoisotopic (exact) mass is 237 g/mol. The molecule has 0 atom stereocenters. The van der Waals surface area contributed by atoms with E-state index < -0.39 is 0 Å². The predicted molar refractivity (Wildman–Crippen MR) is 68.8 cm³/mol. The number of rotatable bonds is 7. The number of hydrogen-bond acceptors (Lipinski definition) is 2. The minimum Gasteiger partial charge on any atom is -0.372 e. The summed E-state index contributed by atoms with van der Waals surface area (Å²) in [6.45, 7) is 5.66. The summed E-state index contributed by atoms with van der Waals surface area (Å²) in [4.78, 5) is 13.3. The lowest BCUT2D eigenvalue weighted by molar-refractivity contribution is -0.118. The third-order valence-electron chi connectivity index (χ3n) is 2.85. The van der Waals surface area contributed by atoms with Gasteiger partial charge in [-0.3, -0.25) is 4.79 Å². The molecule has 0 saturated carbocycles. The smallest absolute Gasteiger partial charge is 0.132 e. The first-order valence-corrected chi connectivity index (χ1v) is 6.19. The lowest BCUT2D eigenvalue weighted by Gasteiger charge is -2.22. The molecule has 0 amide bonds. The molecule has 0 fully saturated rings. The second-order valence-corrected chi connectivity index (χ2v) is 4.05. The molecule has 1 rings (SSSR count). The molecule has 0 heterocycles. The first-order valence-electron chi connectivity index (χ1n) is 6.19. The van der Waals surface area contributed by atoms with Gasteiger partial charge in [-0.2, -0.15) is 0 Å². The average Bonchev–Trinajstić information content (AvgIpc) is 2.35. The van der Waals surface area contributed by atoms with Crippen LogP contribution in [0, 0.1) is 5.82 Å². The van der Waals surface area contributed by atoms with Crippen LogP contribution < -0.4 is 4.90 Å². The van der Waals surface area contributed by atoms with Crippen LogP contribution in [0.25, 0.3) is 0 Å². The topological polar surface area (TPSA) is 20.3 Å². The minimum absolute atomic E-state index is 0.217. The van der Waals surface area contributed by atoms with Crippen LogP contribution in [0.1, 0.15) is 33.1 Å². The van der Waals surface area contributed by atoms with Gasteiger partial charge in [-0.05, 0) is 37.6 Å². The number of hydrogen-bond donors (Lipinski definition) is 0. The molecule has 1 aromatic rings. The molecule has 0 saturated heterocycles. The van der Waals surface area contributed by atoms with Crippen molar-refractivity contribution in [1.82, 2.24) is 0 Å². The molecule has 0 radical (unpaired) electrons. The van der Waals surface area contributed by atoms with E-state index in [1.54, 1.807) is 12.1 Å². The molecular formula is C14H20FNO. The molecule has 0 unspecified atom stereocenters. The van der Waals surface area contributed by atoms with E-state index in [4.69, 9.17) is 0 Å². The van der Waals surface area contributed by atoms with Gasteiger partial charge in [0.1, 0.15) is 11.6 Å². The highest BCUT2D eigenvalue weighted by Crippen LogP contribution is 2.15. The molecular weight excluding hydrogens is 217 g/mol. The summed E-state index contributed by atoms with van der Waals surface area (Å²) in [5.41, 5.74) is 1.01. The zero-order valence-electron chi connectivity index (χ0n) is 10.6. The maximum absolute atomic E-state index is 12.8. The number of carbonyl (C=O) groups is 1. The van der Waals surface area contributed by atoms with E-state index in [-0.39, 0.29) is 5.82 Å². The first kappa shape index (κ1) is 13.7. The fraction of sp³-hybridized carbons (Fsp3) is 0.500. The van der Waals surface area contributed by atoms with E-state index in [9.17, 15) is 9.18 Å². The van der Waals surface area contributed by atoms with E-state index in [1.165, 1.54) is 12.1 Å². The molecule has 0 bridgehead atoms. The van der Waals surface area contributed by atoms with E-state index in [1.807, 2.05) is 6.92 Å². The summed E-state index contributed by atoms with van der Waals surface area (Å²) in [7, 11) is 0. The van der Waals surface area contributed by atoms with Gasteiger partial charge >= 0.3 is 0 Å². The Kier molecular flexibility index (Phi) is 5.67. The van der Waals surface area contributed by atoms with Crippen LogP contribution >= 0.6 is 0 Å². The summed E-state index contributed by atoms with van der Waals surface area (Å²) in [6.07, 6.45) is 2.11. The van der Waals surface area contributed by atoms with E-state index >= 15 is 0 Å². The van der Waals surface area contributed by atoms with Crippen molar-refractivity contribution in [2.45, 2.75) is 33.1 Å². The van der Waals surface area contributed by atoms with Gasteiger partial charge in [0.05, 0.1) is 0 Å². The SMILES string of the molecule is CCC(=O)CCCN(CC)c1ccc(F)cc1. The molecule has 0 aliphatic heterocycles. The summed E-state index contributed by atoms with van der Waals surface area (Å²) < 4.78 is 12.8. The van der Waals surface area contributed by atoms with Crippen molar-refractivity contribution in [1.29, 1.82) is 0 Å². The van der Waals surface area contributed by atoms with Crippen molar-refractivity contribution in [3.63, 3.8) is 0 Å². The number of halogens is 1. The Morgan fingerprint density at radius 1 is 1.24 bits per heavy atom. The Balaban J connectivity index is 2.48. The van der Waals surface area contributed by atoms with Crippen molar-refractivity contribution < 1.29 is 9.18 Å². The van der Waals surface area contributed by atoms with Crippen molar-refractivity contribution in [2.75, 3.05) is 18.0 Å². The molecule has 0 N–H and O–H groups in total. The third kappa shape index (κ3) is 4.55. The summed E-state index contributed by atoms with van der Waals surface area (Å²) in [6, 6.07) is 6.49. The van der Waals surface area contributed by atoms with Gasteiger partial charge in [-0.15, -0.1) is 0 Å². The van der Waals surface area contributed by atoms with Gasteiger partial charge in [0.25, 0.3) is 0 Å². The summed E-state index contributed by atoms with van der Waals surface area (Å²) >= 11 is 0. The Labute approximate surface area is 102 Å². The molecule has 1 aromatic carbocycles. The molecule has 3 heteroatoms. The fourth-order valence-corrected chi connectivity index (χ4v) is 1.77. The standard InChI is InChI=1S/C14H20FNO/c1-3-14(17)6-5-11-16(4-2)13-9-7-12(15)8-10-13/h7-10H,3-6,11H2,1-2H3. The molecule has 0 aliphatic carbocycles. The van der Waals surface area contributed by atoms with Crippen molar-refractivity contribution in [3.8, 4) is 0 Å². The van der Waals surface area contributed by atoms with Gasteiger partial charge in [0.15, 0.2) is 0 Å². The van der Waals surface area contributed by atoms with Crippen LogP contribution in [0.15, 0.2) is 24.3 Å². The number of anilines is 1. The Morgan fingerprint density at radius 3 is 2.41 bits per heavy atom. The number of Topliss-reactive ketones (excluding diaryl/α,β-unsaturated/α-hetero) is 1. The van der Waals surface area contributed by atoms with Crippen LogP contribution in [0.2, 0.25) is 0 Å². The number of carbonyl (C=O) groups excluding carboxylic acids is 1. The van der Waals surface area contributed by atoms with E-state index in [0.29, 0.717) is 18.6 Å². The fourth-order valence-electron chi connectivity index (χ4n) is 1.77.